The second kappa shape index (κ2) is 3.13. The van der Waals surface area contributed by atoms with Crippen molar-refractivity contribution in [2.45, 2.75) is 0 Å². The van der Waals surface area contributed by atoms with Crippen LogP contribution in [0.4, 0.5) is 0 Å². The third-order valence-electron chi connectivity index (χ3n) is 1.49. The van der Waals surface area contributed by atoms with Crippen LogP contribution < -0.4 is 10.5 Å². The summed E-state index contributed by atoms with van der Waals surface area (Å²) in [6.45, 7) is 0. The first-order valence-electron chi connectivity index (χ1n) is 3.36. The summed E-state index contributed by atoms with van der Waals surface area (Å²) in [5.74, 6) is 0.290. The van der Waals surface area contributed by atoms with E-state index < -0.39 is 0 Å². The van der Waals surface area contributed by atoms with Crippen LogP contribution in [0.25, 0.3) is 0 Å². The Hall–Kier alpha value is -1.71. The molecule has 4 nitrogen and oxygen atoms in total. The number of phenols is 1. The second-order valence-corrected chi connectivity index (χ2v) is 2.30. The molecule has 0 unspecified atom stereocenters. The first-order valence-corrected chi connectivity index (χ1v) is 3.36. The van der Waals surface area contributed by atoms with E-state index >= 15 is 0 Å². The smallest absolute Gasteiger partial charge is 0.160 e. The quantitative estimate of drug-likeness (QED) is 0.446. The molecule has 0 saturated carbocycles. The molecule has 0 spiro atoms. The first-order chi connectivity index (χ1) is 5.65. The van der Waals surface area contributed by atoms with Crippen LogP contribution in [0.2, 0.25) is 0 Å². The predicted octanol–water partition coefficient (Wildman–Crippen LogP) is 0.685. The van der Waals surface area contributed by atoms with Crippen molar-refractivity contribution in [3.05, 3.63) is 23.8 Å². The van der Waals surface area contributed by atoms with Crippen molar-refractivity contribution >= 4 is 5.84 Å². The standard InChI is InChI=1S/C8H10N2O2/c1-12-7-3-2-5(8(9)10)4-6(7)11/h2-4,11H,1H3,(H3,9,10). The van der Waals surface area contributed by atoms with Gasteiger partial charge in [0.2, 0.25) is 0 Å². The Kier molecular flexibility index (Phi) is 2.19. The zero-order valence-corrected chi connectivity index (χ0v) is 6.66. The van der Waals surface area contributed by atoms with Crippen molar-refractivity contribution in [3.8, 4) is 11.5 Å². The van der Waals surface area contributed by atoms with Gasteiger partial charge in [0.15, 0.2) is 11.5 Å². The van der Waals surface area contributed by atoms with E-state index in [1.807, 2.05) is 0 Å². The number of nitrogen functional groups attached to an aromatic ring is 1. The highest BCUT2D eigenvalue weighted by Crippen LogP contribution is 2.25. The van der Waals surface area contributed by atoms with Crippen LogP contribution in [0.1, 0.15) is 5.56 Å². The highest BCUT2D eigenvalue weighted by molar-refractivity contribution is 5.95. The van der Waals surface area contributed by atoms with Gasteiger partial charge in [-0.25, -0.2) is 0 Å². The second-order valence-electron chi connectivity index (χ2n) is 2.30. The fraction of sp³-hybridized carbons (Fsp3) is 0.125. The van der Waals surface area contributed by atoms with Crippen LogP contribution in [-0.2, 0) is 0 Å². The summed E-state index contributed by atoms with van der Waals surface area (Å²) in [6.07, 6.45) is 0. The van der Waals surface area contributed by atoms with Crippen molar-refractivity contribution in [1.29, 1.82) is 5.41 Å². The number of hydrogen-bond donors (Lipinski definition) is 3. The van der Waals surface area contributed by atoms with Gasteiger partial charge >= 0.3 is 0 Å². The molecule has 0 saturated heterocycles. The number of methoxy groups -OCH3 is 1. The van der Waals surface area contributed by atoms with Gasteiger partial charge in [-0.05, 0) is 18.2 Å². The van der Waals surface area contributed by atoms with Gasteiger partial charge in [0.05, 0.1) is 7.11 Å². The molecule has 0 bridgehead atoms. The van der Waals surface area contributed by atoms with Crippen LogP contribution in [0.15, 0.2) is 18.2 Å². The van der Waals surface area contributed by atoms with Gasteiger partial charge in [-0.1, -0.05) is 0 Å². The minimum atomic E-state index is -0.0760. The predicted molar refractivity (Wildman–Crippen MR) is 45.7 cm³/mol. The van der Waals surface area contributed by atoms with Gasteiger partial charge in [0, 0.05) is 5.56 Å². The lowest BCUT2D eigenvalue weighted by atomic mass is 10.2. The Morgan fingerprint density at radius 1 is 1.58 bits per heavy atom. The molecule has 12 heavy (non-hydrogen) atoms. The molecule has 0 amide bonds. The highest BCUT2D eigenvalue weighted by atomic mass is 16.5. The molecular weight excluding hydrogens is 156 g/mol. The molecule has 0 atom stereocenters. The number of ether oxygens (including phenoxy) is 1. The van der Waals surface area contributed by atoms with Crippen molar-refractivity contribution < 1.29 is 9.84 Å². The van der Waals surface area contributed by atoms with Gasteiger partial charge in [-0.15, -0.1) is 0 Å². The molecule has 0 aromatic heterocycles. The third kappa shape index (κ3) is 1.47. The van der Waals surface area contributed by atoms with E-state index in [0.717, 1.165) is 0 Å². The molecule has 0 fully saturated rings. The van der Waals surface area contributed by atoms with Crippen molar-refractivity contribution in [2.75, 3.05) is 7.11 Å². The van der Waals surface area contributed by atoms with Gasteiger partial charge in [-0.2, -0.15) is 0 Å². The van der Waals surface area contributed by atoms with Crippen molar-refractivity contribution in [3.63, 3.8) is 0 Å². The summed E-state index contributed by atoms with van der Waals surface area (Å²) in [4.78, 5) is 0. The minimum Gasteiger partial charge on any atom is -0.504 e. The summed E-state index contributed by atoms with van der Waals surface area (Å²) in [6, 6.07) is 4.56. The van der Waals surface area contributed by atoms with Crippen LogP contribution in [-0.4, -0.2) is 18.1 Å². The fourth-order valence-electron chi connectivity index (χ4n) is 0.858. The minimum absolute atomic E-state index is 0.00907. The molecule has 0 heterocycles. The summed E-state index contributed by atoms with van der Waals surface area (Å²) < 4.78 is 4.82. The highest BCUT2D eigenvalue weighted by Gasteiger charge is 2.03. The summed E-state index contributed by atoms with van der Waals surface area (Å²) in [7, 11) is 1.46. The maximum atomic E-state index is 9.26. The Balaban J connectivity index is 3.10. The van der Waals surface area contributed by atoms with Crippen LogP contribution >= 0.6 is 0 Å². The van der Waals surface area contributed by atoms with E-state index in [9.17, 15) is 5.11 Å². The Morgan fingerprint density at radius 2 is 2.25 bits per heavy atom. The van der Waals surface area contributed by atoms with E-state index in [-0.39, 0.29) is 11.6 Å². The molecule has 0 radical (unpaired) electrons. The van der Waals surface area contributed by atoms with Gasteiger partial charge < -0.3 is 15.6 Å². The maximum absolute atomic E-state index is 9.26. The molecule has 64 valence electrons. The average molecular weight is 166 g/mol. The molecular formula is C8H10N2O2. The number of phenolic OH excluding ortho intramolecular Hbond substituents is 1. The summed E-state index contributed by atoms with van der Waals surface area (Å²) in [5, 5.41) is 16.3. The lowest BCUT2D eigenvalue weighted by Crippen LogP contribution is -2.10. The monoisotopic (exact) mass is 166 g/mol. The van der Waals surface area contributed by atoms with Crippen LogP contribution in [0.3, 0.4) is 0 Å². The van der Waals surface area contributed by atoms with Crippen LogP contribution in [0.5, 0.6) is 11.5 Å². The summed E-state index contributed by atoms with van der Waals surface area (Å²) in [5.41, 5.74) is 5.69. The molecule has 0 aliphatic carbocycles. The average Bonchev–Trinajstić information content (AvgIpc) is 2.04. The number of nitrogens with one attached hydrogen (secondary N) is 1. The topological polar surface area (TPSA) is 79.3 Å². The molecule has 4 N–H and O–H groups in total. The van der Waals surface area contributed by atoms with Crippen molar-refractivity contribution in [2.24, 2.45) is 5.73 Å². The normalized spacial score (nSPS) is 9.42. The zero-order chi connectivity index (χ0) is 9.14. The number of amidine groups is 1. The number of aromatic hydroxyl groups is 1. The molecule has 1 aromatic carbocycles. The lowest BCUT2D eigenvalue weighted by Gasteiger charge is -2.04. The SMILES string of the molecule is COc1ccc(C(=N)N)cc1O. The Morgan fingerprint density at radius 3 is 2.67 bits per heavy atom. The van der Waals surface area contributed by atoms with E-state index in [1.165, 1.54) is 13.2 Å². The molecule has 1 aromatic rings. The van der Waals surface area contributed by atoms with E-state index in [4.69, 9.17) is 15.9 Å². The molecule has 4 heteroatoms. The number of benzene rings is 1. The van der Waals surface area contributed by atoms with Gasteiger partial charge in [0.1, 0.15) is 5.84 Å². The third-order valence-corrected chi connectivity index (χ3v) is 1.49. The fourth-order valence-corrected chi connectivity index (χ4v) is 0.858. The largest absolute Gasteiger partial charge is 0.504 e. The first kappa shape index (κ1) is 8.39. The number of nitrogens with two attached hydrogens (primary N) is 1. The number of hydrogen-bond acceptors (Lipinski definition) is 3. The lowest BCUT2D eigenvalue weighted by molar-refractivity contribution is 0.373. The Bertz CT molecular complexity index is 310. The zero-order valence-electron chi connectivity index (χ0n) is 6.66. The number of rotatable bonds is 2. The van der Waals surface area contributed by atoms with E-state index in [1.54, 1.807) is 12.1 Å². The summed E-state index contributed by atoms with van der Waals surface area (Å²) >= 11 is 0. The van der Waals surface area contributed by atoms with Gasteiger partial charge in [-0.3, -0.25) is 5.41 Å². The van der Waals surface area contributed by atoms with E-state index in [2.05, 4.69) is 0 Å². The molecule has 1 rings (SSSR count). The van der Waals surface area contributed by atoms with Gasteiger partial charge in [0.25, 0.3) is 0 Å². The molecule has 0 aliphatic heterocycles. The van der Waals surface area contributed by atoms with E-state index in [0.29, 0.717) is 11.3 Å². The Labute approximate surface area is 70.1 Å². The van der Waals surface area contributed by atoms with Crippen LogP contribution in [0, 0.1) is 5.41 Å². The maximum Gasteiger partial charge on any atom is 0.160 e. The molecule has 0 aliphatic rings. The van der Waals surface area contributed by atoms with Crippen molar-refractivity contribution in [1.82, 2.24) is 0 Å².